The highest BCUT2D eigenvalue weighted by Gasteiger charge is 2.15. The van der Waals surface area contributed by atoms with Crippen LogP contribution in [-0.4, -0.2) is 19.2 Å². The quantitative estimate of drug-likeness (QED) is 0.918. The smallest absolute Gasteiger partial charge is 0.0750 e. The van der Waals surface area contributed by atoms with Crippen LogP contribution in [0.1, 0.15) is 12.0 Å². The second kappa shape index (κ2) is 6.67. The number of benzene rings is 1. The van der Waals surface area contributed by atoms with Gasteiger partial charge >= 0.3 is 0 Å². The fourth-order valence-electron chi connectivity index (χ4n) is 1.64. The van der Waals surface area contributed by atoms with Crippen LogP contribution in [0.15, 0.2) is 18.2 Å². The number of ether oxygens (including phenoxy) is 1. The molecule has 1 aliphatic rings. The molecule has 90 valence electrons. The number of halogens is 3. The molecule has 0 bridgehead atoms. The fraction of sp³-hybridized carbons (Fsp3) is 0.455. The van der Waals surface area contributed by atoms with Crippen molar-refractivity contribution in [3.63, 3.8) is 0 Å². The molecule has 1 aromatic rings. The Morgan fingerprint density at radius 3 is 2.56 bits per heavy atom. The molecule has 0 unspecified atom stereocenters. The average Bonchev–Trinajstić information content (AvgIpc) is 2.70. The lowest BCUT2D eigenvalue weighted by molar-refractivity contribution is 0.0543. The number of hydrogen-bond donors (Lipinski definition) is 1. The summed E-state index contributed by atoms with van der Waals surface area (Å²) in [6.45, 7) is 2.44. The van der Waals surface area contributed by atoms with Gasteiger partial charge in [-0.15, -0.1) is 12.4 Å². The molecule has 1 saturated heterocycles. The summed E-state index contributed by atoms with van der Waals surface area (Å²) < 4.78 is 5.72. The summed E-state index contributed by atoms with van der Waals surface area (Å²) in [7, 11) is 0. The van der Waals surface area contributed by atoms with Crippen LogP contribution < -0.4 is 5.32 Å². The van der Waals surface area contributed by atoms with Crippen LogP contribution >= 0.6 is 35.6 Å². The highest BCUT2D eigenvalue weighted by atomic mass is 35.5. The van der Waals surface area contributed by atoms with E-state index in [0.717, 1.165) is 25.1 Å². The van der Waals surface area contributed by atoms with E-state index in [1.807, 2.05) is 18.2 Å². The van der Waals surface area contributed by atoms with Gasteiger partial charge in [0.25, 0.3) is 0 Å². The van der Waals surface area contributed by atoms with E-state index in [1.165, 1.54) is 0 Å². The van der Waals surface area contributed by atoms with Crippen molar-refractivity contribution in [2.45, 2.75) is 19.1 Å². The molecule has 1 heterocycles. The third-order valence-corrected chi connectivity index (χ3v) is 3.25. The molecule has 0 radical (unpaired) electrons. The highest BCUT2D eigenvalue weighted by Crippen LogP contribution is 2.25. The molecular weight excluding hydrogens is 268 g/mol. The Morgan fingerprint density at radius 1 is 1.31 bits per heavy atom. The number of rotatable bonds is 3. The molecule has 0 aliphatic carbocycles. The summed E-state index contributed by atoms with van der Waals surface area (Å²) in [6, 6.07) is 5.50. The Labute approximate surface area is 112 Å². The first-order chi connectivity index (χ1) is 7.27. The Kier molecular flexibility index (Phi) is 5.87. The maximum atomic E-state index is 6.03. The first kappa shape index (κ1) is 14.1. The summed E-state index contributed by atoms with van der Waals surface area (Å²) in [5.74, 6) is 0. The van der Waals surface area contributed by atoms with Crippen molar-refractivity contribution in [3.8, 4) is 0 Å². The van der Waals surface area contributed by atoms with Crippen molar-refractivity contribution in [2.75, 3.05) is 13.1 Å². The summed E-state index contributed by atoms with van der Waals surface area (Å²) in [5, 5.41) is 4.60. The van der Waals surface area contributed by atoms with Crippen LogP contribution in [0.25, 0.3) is 0 Å². The molecule has 2 nitrogen and oxygen atoms in total. The summed E-state index contributed by atoms with van der Waals surface area (Å²) in [4.78, 5) is 0. The van der Waals surface area contributed by atoms with Crippen LogP contribution in [0, 0.1) is 0 Å². The van der Waals surface area contributed by atoms with E-state index in [4.69, 9.17) is 27.9 Å². The normalized spacial score (nSPS) is 19.5. The molecule has 1 fully saturated rings. The first-order valence-electron chi connectivity index (χ1n) is 5.02. The summed E-state index contributed by atoms with van der Waals surface area (Å²) in [5.41, 5.74) is 0.882. The van der Waals surface area contributed by atoms with Gasteiger partial charge in [0.1, 0.15) is 0 Å². The zero-order chi connectivity index (χ0) is 10.7. The van der Waals surface area contributed by atoms with Gasteiger partial charge < -0.3 is 10.1 Å². The van der Waals surface area contributed by atoms with Crippen LogP contribution in [-0.2, 0) is 11.3 Å². The maximum absolute atomic E-state index is 6.03. The third kappa shape index (κ3) is 3.51. The van der Waals surface area contributed by atoms with Crippen molar-refractivity contribution in [2.24, 2.45) is 0 Å². The van der Waals surface area contributed by atoms with E-state index in [0.29, 0.717) is 16.7 Å². The maximum Gasteiger partial charge on any atom is 0.0750 e. The molecule has 0 spiro atoms. The minimum absolute atomic E-state index is 0. The van der Waals surface area contributed by atoms with Gasteiger partial charge in [-0.25, -0.2) is 0 Å². The van der Waals surface area contributed by atoms with Crippen LogP contribution in [0.5, 0.6) is 0 Å². The minimum Gasteiger partial charge on any atom is -0.372 e. The second-order valence-electron chi connectivity index (χ2n) is 3.63. The van der Waals surface area contributed by atoms with Crippen LogP contribution in [0.4, 0.5) is 0 Å². The van der Waals surface area contributed by atoms with Crippen molar-refractivity contribution < 1.29 is 4.74 Å². The van der Waals surface area contributed by atoms with E-state index in [9.17, 15) is 0 Å². The van der Waals surface area contributed by atoms with Crippen LogP contribution in [0.3, 0.4) is 0 Å². The summed E-state index contributed by atoms with van der Waals surface area (Å²) >= 11 is 12.1. The van der Waals surface area contributed by atoms with Gasteiger partial charge in [0.2, 0.25) is 0 Å². The van der Waals surface area contributed by atoms with Gasteiger partial charge in [0, 0.05) is 22.2 Å². The molecule has 1 N–H and O–H groups in total. The van der Waals surface area contributed by atoms with Crippen LogP contribution in [0.2, 0.25) is 10.0 Å². The average molecular weight is 283 g/mol. The lowest BCUT2D eigenvalue weighted by Gasteiger charge is -2.12. The molecule has 0 aromatic heterocycles. The van der Waals surface area contributed by atoms with E-state index < -0.39 is 0 Å². The lowest BCUT2D eigenvalue weighted by Crippen LogP contribution is -2.16. The molecule has 1 aliphatic heterocycles. The Balaban J connectivity index is 0.00000128. The SMILES string of the molecule is Cl.Clc1cccc(Cl)c1CO[C@H]1CCNC1. The second-order valence-corrected chi connectivity index (χ2v) is 4.44. The minimum atomic E-state index is 0. The van der Waals surface area contributed by atoms with E-state index in [1.54, 1.807) is 0 Å². The Bertz CT molecular complexity index is 320. The predicted octanol–water partition coefficient (Wildman–Crippen LogP) is 3.29. The van der Waals surface area contributed by atoms with Crippen molar-refractivity contribution in [1.29, 1.82) is 0 Å². The van der Waals surface area contributed by atoms with E-state index in [2.05, 4.69) is 5.32 Å². The molecule has 16 heavy (non-hydrogen) atoms. The van der Waals surface area contributed by atoms with Crippen molar-refractivity contribution in [3.05, 3.63) is 33.8 Å². The molecule has 2 rings (SSSR count). The molecule has 1 aromatic carbocycles. The molecule has 0 saturated carbocycles. The van der Waals surface area contributed by atoms with Crippen molar-refractivity contribution >= 4 is 35.6 Å². The van der Waals surface area contributed by atoms with Gasteiger partial charge in [-0.05, 0) is 25.1 Å². The lowest BCUT2D eigenvalue weighted by atomic mass is 10.2. The fourth-order valence-corrected chi connectivity index (χ4v) is 2.15. The van der Waals surface area contributed by atoms with Gasteiger partial charge in [-0.3, -0.25) is 0 Å². The van der Waals surface area contributed by atoms with Gasteiger partial charge in [-0.1, -0.05) is 29.3 Å². The van der Waals surface area contributed by atoms with E-state index >= 15 is 0 Å². The highest BCUT2D eigenvalue weighted by molar-refractivity contribution is 6.35. The van der Waals surface area contributed by atoms with Gasteiger partial charge in [0.15, 0.2) is 0 Å². The Morgan fingerprint density at radius 2 is 2.00 bits per heavy atom. The molecule has 5 heteroatoms. The molecule has 1 atom stereocenters. The zero-order valence-electron chi connectivity index (χ0n) is 8.71. The standard InChI is InChI=1S/C11H13Cl2NO.ClH/c12-10-2-1-3-11(13)9(10)7-15-8-4-5-14-6-8;/h1-3,8,14H,4-7H2;1H/t8-;/m0./s1. The number of hydrogen-bond acceptors (Lipinski definition) is 2. The van der Waals surface area contributed by atoms with Gasteiger partial charge in [0.05, 0.1) is 12.7 Å². The Hall–Kier alpha value is 0.01000. The zero-order valence-corrected chi connectivity index (χ0v) is 11.0. The number of nitrogens with one attached hydrogen (secondary N) is 1. The first-order valence-corrected chi connectivity index (χ1v) is 5.78. The topological polar surface area (TPSA) is 21.3 Å². The largest absolute Gasteiger partial charge is 0.372 e. The van der Waals surface area contributed by atoms with Crippen molar-refractivity contribution in [1.82, 2.24) is 5.32 Å². The third-order valence-electron chi connectivity index (χ3n) is 2.54. The summed E-state index contributed by atoms with van der Waals surface area (Å²) in [6.07, 6.45) is 1.35. The monoisotopic (exact) mass is 281 g/mol. The van der Waals surface area contributed by atoms with Gasteiger partial charge in [-0.2, -0.15) is 0 Å². The molecular formula is C11H14Cl3NO. The molecule has 0 amide bonds. The predicted molar refractivity (Wildman–Crippen MR) is 69.8 cm³/mol. The van der Waals surface area contributed by atoms with E-state index in [-0.39, 0.29) is 18.5 Å².